The Labute approximate surface area is 159 Å². The van der Waals surface area contributed by atoms with E-state index in [4.69, 9.17) is 27.9 Å². The minimum absolute atomic E-state index is 0.253. The van der Waals surface area contributed by atoms with Gasteiger partial charge in [-0.05, 0) is 30.3 Å². The van der Waals surface area contributed by atoms with E-state index in [1.54, 1.807) is 30.3 Å². The molecule has 1 heterocycles. The number of carbonyl (C=O) groups is 1. The molecule has 0 bridgehead atoms. The van der Waals surface area contributed by atoms with E-state index in [1.807, 2.05) is 12.1 Å². The average Bonchev–Trinajstić information content (AvgIpc) is 2.65. The summed E-state index contributed by atoms with van der Waals surface area (Å²) in [6.07, 6.45) is 1.43. The lowest BCUT2D eigenvalue weighted by molar-refractivity contribution is 0.0601. The number of nitrogens with zero attached hydrogens (tertiary/aromatic N) is 3. The Balaban J connectivity index is 1.83. The van der Waals surface area contributed by atoms with Crippen molar-refractivity contribution < 1.29 is 9.53 Å². The van der Waals surface area contributed by atoms with Gasteiger partial charge >= 0.3 is 5.97 Å². The zero-order valence-electron chi connectivity index (χ0n) is 13.5. The molecule has 7 nitrogen and oxygen atoms in total. The molecule has 26 heavy (non-hydrogen) atoms. The standard InChI is InChI=1S/C17H13Cl2N5O2/c1-26-16(25)10-6-7-12(19)14(8-10)21-15-9-20-24-17(23-15)22-13-5-3-2-4-11(13)18/h2-9H,1H3,(H2,21,22,23,24). The van der Waals surface area contributed by atoms with Crippen LogP contribution in [0.15, 0.2) is 48.7 Å². The molecule has 0 saturated heterocycles. The van der Waals surface area contributed by atoms with Crippen molar-refractivity contribution in [3.05, 3.63) is 64.3 Å². The first-order valence-corrected chi connectivity index (χ1v) is 8.18. The number of methoxy groups -OCH3 is 1. The number of esters is 1. The number of benzene rings is 2. The highest BCUT2D eigenvalue weighted by atomic mass is 35.5. The van der Waals surface area contributed by atoms with Crippen molar-refractivity contribution in [2.45, 2.75) is 0 Å². The minimum Gasteiger partial charge on any atom is -0.465 e. The highest BCUT2D eigenvalue weighted by molar-refractivity contribution is 6.33. The van der Waals surface area contributed by atoms with E-state index in [2.05, 4.69) is 25.8 Å². The van der Waals surface area contributed by atoms with Gasteiger partial charge in [0.05, 0.1) is 40.3 Å². The van der Waals surface area contributed by atoms with Crippen LogP contribution in [0, 0.1) is 0 Å². The summed E-state index contributed by atoms with van der Waals surface area (Å²) in [6.45, 7) is 0. The number of hydrogen-bond acceptors (Lipinski definition) is 7. The monoisotopic (exact) mass is 389 g/mol. The number of aromatic nitrogens is 3. The number of hydrogen-bond donors (Lipinski definition) is 2. The van der Waals surface area contributed by atoms with Crippen LogP contribution in [-0.4, -0.2) is 28.3 Å². The molecule has 9 heteroatoms. The predicted octanol–water partition coefficient (Wildman–Crippen LogP) is 4.45. The lowest BCUT2D eigenvalue weighted by Crippen LogP contribution is -2.05. The molecule has 0 amide bonds. The third kappa shape index (κ3) is 4.19. The molecule has 1 aromatic heterocycles. The summed E-state index contributed by atoms with van der Waals surface area (Å²) >= 11 is 12.3. The third-order valence-electron chi connectivity index (χ3n) is 3.33. The summed E-state index contributed by atoms with van der Waals surface area (Å²) in [5.74, 6) is 0.174. The molecule has 3 rings (SSSR count). The molecule has 0 aliphatic rings. The lowest BCUT2D eigenvalue weighted by Gasteiger charge is -2.10. The molecular weight excluding hydrogens is 377 g/mol. The Morgan fingerprint density at radius 3 is 2.58 bits per heavy atom. The molecule has 132 valence electrons. The highest BCUT2D eigenvalue weighted by Gasteiger charge is 2.10. The number of halogens is 2. The summed E-state index contributed by atoms with van der Waals surface area (Å²) in [5, 5.41) is 14.8. The van der Waals surface area contributed by atoms with Gasteiger partial charge in [-0.2, -0.15) is 10.1 Å². The van der Waals surface area contributed by atoms with E-state index in [0.29, 0.717) is 32.8 Å². The predicted molar refractivity (Wildman–Crippen MR) is 101 cm³/mol. The van der Waals surface area contributed by atoms with Gasteiger partial charge in [0.1, 0.15) is 0 Å². The first-order chi connectivity index (χ1) is 12.6. The summed E-state index contributed by atoms with van der Waals surface area (Å²) < 4.78 is 4.71. The first kappa shape index (κ1) is 17.9. The van der Waals surface area contributed by atoms with Gasteiger partial charge in [0.15, 0.2) is 5.82 Å². The molecule has 2 aromatic carbocycles. The number of rotatable bonds is 5. The highest BCUT2D eigenvalue weighted by Crippen LogP contribution is 2.27. The van der Waals surface area contributed by atoms with Crippen molar-refractivity contribution in [1.29, 1.82) is 0 Å². The van der Waals surface area contributed by atoms with Gasteiger partial charge in [0.25, 0.3) is 0 Å². The Hall–Kier alpha value is -2.90. The normalized spacial score (nSPS) is 10.3. The molecule has 0 unspecified atom stereocenters. The van der Waals surface area contributed by atoms with Crippen LogP contribution in [0.1, 0.15) is 10.4 Å². The van der Waals surface area contributed by atoms with Gasteiger partial charge < -0.3 is 15.4 Å². The van der Waals surface area contributed by atoms with Gasteiger partial charge in [0, 0.05) is 0 Å². The summed E-state index contributed by atoms with van der Waals surface area (Å²) in [4.78, 5) is 16.0. The lowest BCUT2D eigenvalue weighted by atomic mass is 10.2. The van der Waals surface area contributed by atoms with E-state index < -0.39 is 5.97 Å². The second-order valence-corrected chi connectivity index (χ2v) is 5.90. The van der Waals surface area contributed by atoms with Crippen molar-refractivity contribution in [3.8, 4) is 0 Å². The van der Waals surface area contributed by atoms with Crippen LogP contribution in [0.5, 0.6) is 0 Å². The molecule has 0 atom stereocenters. The molecule has 0 aliphatic heterocycles. The van der Waals surface area contributed by atoms with Crippen LogP contribution < -0.4 is 10.6 Å². The average molecular weight is 390 g/mol. The number of carbonyl (C=O) groups excluding carboxylic acids is 1. The number of ether oxygens (including phenoxy) is 1. The van der Waals surface area contributed by atoms with Crippen molar-refractivity contribution >= 4 is 52.3 Å². The second kappa shape index (κ2) is 7.99. The zero-order chi connectivity index (χ0) is 18.5. The third-order valence-corrected chi connectivity index (χ3v) is 3.99. The molecule has 0 aliphatic carbocycles. The van der Waals surface area contributed by atoms with Crippen LogP contribution in [-0.2, 0) is 4.74 Å². The summed E-state index contributed by atoms with van der Waals surface area (Å²) in [6, 6.07) is 11.9. The molecule has 2 N–H and O–H groups in total. The maximum Gasteiger partial charge on any atom is 0.337 e. The zero-order valence-corrected chi connectivity index (χ0v) is 15.0. The minimum atomic E-state index is -0.466. The van der Waals surface area contributed by atoms with Crippen LogP contribution in [0.25, 0.3) is 0 Å². The van der Waals surface area contributed by atoms with Gasteiger partial charge in [-0.15, -0.1) is 5.10 Å². The fourth-order valence-electron chi connectivity index (χ4n) is 2.10. The van der Waals surface area contributed by atoms with Crippen molar-refractivity contribution in [2.75, 3.05) is 17.7 Å². The Kier molecular flexibility index (Phi) is 5.50. The molecular formula is C17H13Cl2N5O2. The quantitative estimate of drug-likeness (QED) is 0.622. The van der Waals surface area contributed by atoms with Crippen LogP contribution >= 0.6 is 23.2 Å². The van der Waals surface area contributed by atoms with E-state index in [0.717, 1.165) is 0 Å². The fourth-order valence-corrected chi connectivity index (χ4v) is 2.45. The van der Waals surface area contributed by atoms with Crippen molar-refractivity contribution in [1.82, 2.24) is 15.2 Å². The Morgan fingerprint density at radius 2 is 1.81 bits per heavy atom. The maximum absolute atomic E-state index is 11.7. The largest absolute Gasteiger partial charge is 0.465 e. The fraction of sp³-hybridized carbons (Fsp3) is 0.0588. The van der Waals surface area contributed by atoms with E-state index >= 15 is 0 Å². The second-order valence-electron chi connectivity index (χ2n) is 5.08. The van der Waals surface area contributed by atoms with Crippen molar-refractivity contribution in [3.63, 3.8) is 0 Å². The summed E-state index contributed by atoms with van der Waals surface area (Å²) in [7, 11) is 1.31. The summed E-state index contributed by atoms with van der Waals surface area (Å²) in [5.41, 5.74) is 1.49. The van der Waals surface area contributed by atoms with Gasteiger partial charge in [-0.3, -0.25) is 0 Å². The van der Waals surface area contributed by atoms with Gasteiger partial charge in [0.2, 0.25) is 5.95 Å². The first-order valence-electron chi connectivity index (χ1n) is 7.43. The number of nitrogens with one attached hydrogen (secondary N) is 2. The molecule has 0 radical (unpaired) electrons. The van der Waals surface area contributed by atoms with E-state index in [9.17, 15) is 4.79 Å². The molecule has 0 spiro atoms. The van der Waals surface area contributed by atoms with Crippen molar-refractivity contribution in [2.24, 2.45) is 0 Å². The van der Waals surface area contributed by atoms with Gasteiger partial charge in [-0.1, -0.05) is 35.3 Å². The Bertz CT molecular complexity index is 952. The topological polar surface area (TPSA) is 89.0 Å². The number of anilines is 4. The maximum atomic E-state index is 11.7. The van der Waals surface area contributed by atoms with E-state index in [1.165, 1.54) is 13.3 Å². The molecule has 0 saturated carbocycles. The smallest absolute Gasteiger partial charge is 0.337 e. The van der Waals surface area contributed by atoms with Gasteiger partial charge in [-0.25, -0.2) is 4.79 Å². The Morgan fingerprint density at radius 1 is 1.04 bits per heavy atom. The van der Waals surface area contributed by atoms with Crippen LogP contribution in [0.3, 0.4) is 0 Å². The van der Waals surface area contributed by atoms with E-state index in [-0.39, 0.29) is 5.95 Å². The SMILES string of the molecule is COC(=O)c1ccc(Cl)c(Nc2cnnc(Nc3ccccc3Cl)n2)c1. The number of para-hydroxylation sites is 1. The molecule has 0 fully saturated rings. The van der Waals surface area contributed by atoms with Crippen LogP contribution in [0.2, 0.25) is 10.0 Å². The van der Waals surface area contributed by atoms with Crippen LogP contribution in [0.4, 0.5) is 23.1 Å². The molecule has 3 aromatic rings.